The van der Waals surface area contributed by atoms with Crippen molar-refractivity contribution in [2.24, 2.45) is 5.92 Å². The molecular formula is C25H24F3N5O2S2. The fourth-order valence-electron chi connectivity index (χ4n) is 4.01. The number of hydrogen-bond acceptors (Lipinski definition) is 7. The van der Waals surface area contributed by atoms with Gasteiger partial charge in [-0.2, -0.15) is 18.4 Å². The Morgan fingerprint density at radius 2 is 2.24 bits per heavy atom. The molecular weight excluding hydrogens is 523 g/mol. The molecule has 4 rings (SSSR count). The van der Waals surface area contributed by atoms with Crippen molar-refractivity contribution in [2.75, 3.05) is 11.1 Å². The van der Waals surface area contributed by atoms with E-state index in [1.54, 1.807) is 10.6 Å². The summed E-state index contributed by atoms with van der Waals surface area (Å²) in [7, 11) is 0. The molecule has 1 atom stereocenters. The van der Waals surface area contributed by atoms with E-state index in [1.165, 1.54) is 23.5 Å². The number of amides is 1. The first-order chi connectivity index (χ1) is 17.7. The first-order valence-electron chi connectivity index (χ1n) is 11.5. The Morgan fingerprint density at radius 1 is 1.43 bits per heavy atom. The number of halogens is 3. The van der Waals surface area contributed by atoms with Gasteiger partial charge in [-0.15, -0.1) is 28.1 Å². The van der Waals surface area contributed by atoms with E-state index >= 15 is 0 Å². The summed E-state index contributed by atoms with van der Waals surface area (Å²) in [4.78, 5) is 13.9. The summed E-state index contributed by atoms with van der Waals surface area (Å²) in [5.41, 5.74) is 0.791. The molecule has 12 heteroatoms. The second-order valence-corrected chi connectivity index (χ2v) is 10.7. The molecule has 0 aliphatic heterocycles. The molecule has 1 N–H and O–H groups in total. The van der Waals surface area contributed by atoms with E-state index in [9.17, 15) is 23.2 Å². The van der Waals surface area contributed by atoms with Gasteiger partial charge in [-0.05, 0) is 48.9 Å². The molecule has 1 aromatic carbocycles. The quantitative estimate of drug-likeness (QED) is 0.267. The summed E-state index contributed by atoms with van der Waals surface area (Å²) in [6.07, 6.45) is -0.0641. The van der Waals surface area contributed by atoms with Crippen LogP contribution in [-0.2, 0) is 37.0 Å². The maximum Gasteiger partial charge on any atom is 0.416 e. The van der Waals surface area contributed by atoms with Crippen LogP contribution in [0, 0.1) is 17.2 Å². The molecule has 0 spiro atoms. The third kappa shape index (κ3) is 6.34. The number of ether oxygens (including phenoxy) is 1. The second-order valence-electron chi connectivity index (χ2n) is 8.62. The van der Waals surface area contributed by atoms with Crippen LogP contribution in [0.4, 0.5) is 18.2 Å². The van der Waals surface area contributed by atoms with Gasteiger partial charge in [0.1, 0.15) is 23.4 Å². The molecule has 0 fully saturated rings. The standard InChI is InChI=1S/C25H24F3N5O2S2/c1-3-9-33-21(13-35-17-6-4-5-16(11-17)25(26,27)28)31-32-24(33)36-14-22(34)30-23-19(12-29)18-8-7-15(2)10-20(18)37-23/h3-6,11,15H,1,7-10,13-14H2,2H3,(H,30,34)/t15-/m1/s1. The molecule has 0 bridgehead atoms. The summed E-state index contributed by atoms with van der Waals surface area (Å²) in [6, 6.07) is 6.84. The molecule has 0 saturated heterocycles. The third-order valence-electron chi connectivity index (χ3n) is 5.84. The van der Waals surface area contributed by atoms with Crippen molar-refractivity contribution < 1.29 is 22.7 Å². The number of fused-ring (bicyclic) bond motifs is 1. The number of aromatic nitrogens is 3. The SMILES string of the molecule is C=CCn1c(COc2cccc(C(F)(F)F)c2)nnc1SCC(=O)Nc1sc2c(c1C#N)CC[C@@H](C)C2. The van der Waals surface area contributed by atoms with Crippen molar-refractivity contribution in [3.8, 4) is 11.8 Å². The van der Waals surface area contributed by atoms with E-state index in [4.69, 9.17) is 4.74 Å². The number of nitriles is 1. The number of alkyl halides is 3. The number of nitrogens with one attached hydrogen (secondary N) is 1. The normalized spacial score (nSPS) is 15.1. The number of rotatable bonds is 9. The highest BCUT2D eigenvalue weighted by atomic mass is 32.2. The number of thioether (sulfide) groups is 1. The fraction of sp³-hybridized carbons (Fsp3) is 0.360. The molecule has 1 aliphatic rings. The monoisotopic (exact) mass is 547 g/mol. The molecule has 0 radical (unpaired) electrons. The van der Waals surface area contributed by atoms with Crippen LogP contribution in [0.15, 0.2) is 42.1 Å². The first kappa shape index (κ1) is 26.8. The minimum atomic E-state index is -4.47. The summed E-state index contributed by atoms with van der Waals surface area (Å²) < 4.78 is 46.1. The van der Waals surface area contributed by atoms with Gasteiger partial charge in [-0.3, -0.25) is 9.36 Å². The van der Waals surface area contributed by atoms with Crippen LogP contribution in [0.2, 0.25) is 0 Å². The lowest BCUT2D eigenvalue weighted by Gasteiger charge is -2.17. The molecule has 3 aromatic rings. The number of benzene rings is 1. The topological polar surface area (TPSA) is 92.8 Å². The Bertz CT molecular complexity index is 1340. The Labute approximate surface area is 220 Å². The van der Waals surface area contributed by atoms with Crippen LogP contribution >= 0.6 is 23.1 Å². The van der Waals surface area contributed by atoms with E-state index in [-0.39, 0.29) is 24.0 Å². The van der Waals surface area contributed by atoms with Gasteiger partial charge in [0.05, 0.1) is 16.9 Å². The van der Waals surface area contributed by atoms with Crippen molar-refractivity contribution in [1.29, 1.82) is 5.26 Å². The lowest BCUT2D eigenvalue weighted by Crippen LogP contribution is -2.15. The highest BCUT2D eigenvalue weighted by Crippen LogP contribution is 2.39. The van der Waals surface area contributed by atoms with Crippen LogP contribution in [0.5, 0.6) is 5.75 Å². The largest absolute Gasteiger partial charge is 0.486 e. The smallest absolute Gasteiger partial charge is 0.416 e. The maximum absolute atomic E-state index is 13.0. The summed E-state index contributed by atoms with van der Waals surface area (Å²) >= 11 is 2.62. The molecule has 1 aliphatic carbocycles. The average Bonchev–Trinajstić information content (AvgIpc) is 3.40. The minimum absolute atomic E-state index is 0.0353. The molecule has 2 heterocycles. The first-order valence-corrected chi connectivity index (χ1v) is 13.3. The number of carbonyl (C=O) groups excluding carboxylic acids is 1. The molecule has 0 saturated carbocycles. The predicted octanol–water partition coefficient (Wildman–Crippen LogP) is 5.85. The average molecular weight is 548 g/mol. The zero-order valence-electron chi connectivity index (χ0n) is 20.0. The lowest BCUT2D eigenvalue weighted by molar-refractivity contribution is -0.137. The van der Waals surface area contributed by atoms with Crippen LogP contribution in [0.3, 0.4) is 0 Å². The molecule has 7 nitrogen and oxygen atoms in total. The van der Waals surface area contributed by atoms with E-state index in [0.717, 1.165) is 53.6 Å². The highest BCUT2D eigenvalue weighted by Gasteiger charge is 2.30. The highest BCUT2D eigenvalue weighted by molar-refractivity contribution is 7.99. The predicted molar refractivity (Wildman–Crippen MR) is 136 cm³/mol. The summed E-state index contributed by atoms with van der Waals surface area (Å²) in [5.74, 6) is 0.751. The Morgan fingerprint density at radius 3 is 2.97 bits per heavy atom. The van der Waals surface area contributed by atoms with Gasteiger partial charge in [0.15, 0.2) is 11.0 Å². The Kier molecular flexibility index (Phi) is 8.24. The maximum atomic E-state index is 13.0. The zero-order valence-corrected chi connectivity index (χ0v) is 21.6. The number of anilines is 1. The summed E-state index contributed by atoms with van der Waals surface area (Å²) in [5, 5.41) is 21.7. The third-order valence-corrected chi connectivity index (χ3v) is 7.98. The van der Waals surface area contributed by atoms with Crippen molar-refractivity contribution in [3.05, 3.63) is 64.3 Å². The zero-order chi connectivity index (χ0) is 26.6. The van der Waals surface area contributed by atoms with Crippen LogP contribution in [0.1, 0.15) is 40.7 Å². The van der Waals surface area contributed by atoms with Gasteiger partial charge in [-0.25, -0.2) is 0 Å². The van der Waals surface area contributed by atoms with E-state index < -0.39 is 11.7 Å². The summed E-state index contributed by atoms with van der Waals surface area (Å²) in [6.45, 7) is 6.12. The van der Waals surface area contributed by atoms with Crippen molar-refractivity contribution in [2.45, 2.75) is 50.7 Å². The number of nitrogens with zero attached hydrogens (tertiary/aromatic N) is 4. The van der Waals surface area contributed by atoms with Crippen molar-refractivity contribution in [1.82, 2.24) is 14.8 Å². The van der Waals surface area contributed by atoms with E-state index in [0.29, 0.717) is 34.0 Å². The van der Waals surface area contributed by atoms with E-state index in [1.807, 2.05) is 0 Å². The van der Waals surface area contributed by atoms with E-state index in [2.05, 4.69) is 35.1 Å². The van der Waals surface area contributed by atoms with Crippen molar-refractivity contribution in [3.63, 3.8) is 0 Å². The minimum Gasteiger partial charge on any atom is -0.486 e. The molecule has 0 unspecified atom stereocenters. The van der Waals surface area contributed by atoms with Gasteiger partial charge < -0.3 is 10.1 Å². The van der Waals surface area contributed by atoms with Crippen LogP contribution in [0.25, 0.3) is 0 Å². The van der Waals surface area contributed by atoms with Gasteiger partial charge in [0.2, 0.25) is 5.91 Å². The van der Waals surface area contributed by atoms with Crippen LogP contribution in [-0.4, -0.2) is 26.4 Å². The van der Waals surface area contributed by atoms with Gasteiger partial charge >= 0.3 is 6.18 Å². The molecule has 2 aromatic heterocycles. The fourth-order valence-corrected chi connectivity index (χ4v) is 6.15. The number of carbonyl (C=O) groups is 1. The molecule has 194 valence electrons. The Hall–Kier alpha value is -3.30. The van der Waals surface area contributed by atoms with Gasteiger partial charge in [0, 0.05) is 11.4 Å². The molecule has 37 heavy (non-hydrogen) atoms. The second kappa shape index (κ2) is 11.4. The molecule has 1 amide bonds. The van der Waals surface area contributed by atoms with Crippen molar-refractivity contribution >= 4 is 34.0 Å². The number of allylic oxidation sites excluding steroid dienone is 1. The number of hydrogen-bond donors (Lipinski definition) is 1. The van der Waals surface area contributed by atoms with Gasteiger partial charge in [-0.1, -0.05) is 30.8 Å². The van der Waals surface area contributed by atoms with Crippen LogP contribution < -0.4 is 10.1 Å². The Balaban J connectivity index is 1.40. The lowest BCUT2D eigenvalue weighted by atomic mass is 9.89. The number of thiophene rings is 1. The van der Waals surface area contributed by atoms with Gasteiger partial charge in [0.25, 0.3) is 0 Å².